The number of hydrogen-bond donors (Lipinski definition) is 1. The summed E-state index contributed by atoms with van der Waals surface area (Å²) in [5, 5.41) is 7.27. The van der Waals surface area contributed by atoms with Crippen molar-refractivity contribution >= 4 is 0 Å². The van der Waals surface area contributed by atoms with Crippen LogP contribution in [-0.2, 0) is 6.54 Å². The highest BCUT2D eigenvalue weighted by atomic mass is 15.2. The van der Waals surface area contributed by atoms with Gasteiger partial charge in [0.25, 0.3) is 0 Å². The Balaban J connectivity index is 1.65. The van der Waals surface area contributed by atoms with Gasteiger partial charge in [-0.2, -0.15) is 5.10 Å². The minimum atomic E-state index is 0.474. The zero-order valence-corrected chi connectivity index (χ0v) is 11.3. The minimum Gasteiger partial charge on any atom is -0.298 e. The van der Waals surface area contributed by atoms with E-state index in [0.717, 1.165) is 24.7 Å². The van der Waals surface area contributed by atoms with Crippen molar-refractivity contribution in [2.45, 2.75) is 32.2 Å². The van der Waals surface area contributed by atoms with Gasteiger partial charge in [0.15, 0.2) is 5.82 Å². The maximum absolute atomic E-state index is 4.48. The van der Waals surface area contributed by atoms with Crippen LogP contribution < -0.4 is 0 Å². The third kappa shape index (κ3) is 3.01. The van der Waals surface area contributed by atoms with Gasteiger partial charge in [-0.25, -0.2) is 4.98 Å². The molecule has 0 radical (unpaired) electrons. The highest BCUT2D eigenvalue weighted by molar-refractivity contribution is 5.14. The summed E-state index contributed by atoms with van der Waals surface area (Å²) >= 11 is 0. The van der Waals surface area contributed by atoms with Gasteiger partial charge in [0.2, 0.25) is 0 Å². The molecular formula is C15H20N4. The van der Waals surface area contributed by atoms with Crippen LogP contribution in [0.15, 0.2) is 30.3 Å². The first kappa shape index (κ1) is 12.4. The average Bonchev–Trinajstić information content (AvgIpc) is 2.87. The molecule has 0 saturated carbocycles. The fourth-order valence-corrected chi connectivity index (χ4v) is 2.79. The predicted octanol–water partition coefficient (Wildman–Crippen LogP) is 2.49. The van der Waals surface area contributed by atoms with Crippen LogP contribution in [0.25, 0.3) is 0 Å². The Morgan fingerprint density at radius 3 is 2.89 bits per heavy atom. The summed E-state index contributed by atoms with van der Waals surface area (Å²) in [6.45, 7) is 5.22. The Morgan fingerprint density at radius 2 is 2.16 bits per heavy atom. The Bertz CT molecular complexity index is 520. The van der Waals surface area contributed by atoms with Crippen molar-refractivity contribution in [3.8, 4) is 0 Å². The normalized spacial score (nSPS) is 20.6. The van der Waals surface area contributed by atoms with Gasteiger partial charge in [-0.1, -0.05) is 30.3 Å². The minimum absolute atomic E-state index is 0.474. The first-order valence-electron chi connectivity index (χ1n) is 6.96. The molecule has 3 rings (SSSR count). The van der Waals surface area contributed by atoms with Crippen LogP contribution in [0, 0.1) is 6.92 Å². The third-order valence-electron chi connectivity index (χ3n) is 3.73. The molecule has 0 aliphatic carbocycles. The molecule has 4 nitrogen and oxygen atoms in total. The number of likely N-dealkylation sites (tertiary alicyclic amines) is 1. The van der Waals surface area contributed by atoms with Crippen molar-refractivity contribution in [1.29, 1.82) is 0 Å². The highest BCUT2D eigenvalue weighted by Crippen LogP contribution is 2.25. The van der Waals surface area contributed by atoms with Gasteiger partial charge in [-0.05, 0) is 31.9 Å². The Morgan fingerprint density at radius 1 is 1.32 bits per heavy atom. The lowest BCUT2D eigenvalue weighted by Crippen LogP contribution is -2.34. The SMILES string of the molecule is Cc1nc(C2CCCN(Cc3ccccc3)C2)n[nH]1. The average molecular weight is 256 g/mol. The van der Waals surface area contributed by atoms with Crippen LogP contribution in [0.3, 0.4) is 0 Å². The lowest BCUT2D eigenvalue weighted by atomic mass is 9.97. The van der Waals surface area contributed by atoms with E-state index >= 15 is 0 Å². The van der Waals surface area contributed by atoms with Gasteiger partial charge in [0, 0.05) is 19.0 Å². The van der Waals surface area contributed by atoms with Crippen LogP contribution in [0.2, 0.25) is 0 Å². The van der Waals surface area contributed by atoms with Crippen molar-refractivity contribution in [3.05, 3.63) is 47.5 Å². The molecule has 2 heterocycles. The highest BCUT2D eigenvalue weighted by Gasteiger charge is 2.24. The van der Waals surface area contributed by atoms with Gasteiger partial charge in [0.1, 0.15) is 5.82 Å². The second-order valence-corrected chi connectivity index (χ2v) is 5.34. The molecule has 19 heavy (non-hydrogen) atoms. The van der Waals surface area contributed by atoms with E-state index in [-0.39, 0.29) is 0 Å². The number of nitrogens with zero attached hydrogens (tertiary/aromatic N) is 3. The van der Waals surface area contributed by atoms with Gasteiger partial charge < -0.3 is 0 Å². The Kier molecular flexibility index (Phi) is 3.60. The molecule has 0 amide bonds. The van der Waals surface area contributed by atoms with Crippen LogP contribution >= 0.6 is 0 Å². The van der Waals surface area contributed by atoms with E-state index in [1.165, 1.54) is 24.9 Å². The quantitative estimate of drug-likeness (QED) is 0.917. The number of hydrogen-bond acceptors (Lipinski definition) is 3. The summed E-state index contributed by atoms with van der Waals surface area (Å²) in [6.07, 6.45) is 2.42. The van der Waals surface area contributed by atoms with E-state index in [1.807, 2.05) is 6.92 Å². The second-order valence-electron chi connectivity index (χ2n) is 5.34. The number of aromatic nitrogens is 3. The summed E-state index contributed by atoms with van der Waals surface area (Å²) < 4.78 is 0. The lowest BCUT2D eigenvalue weighted by molar-refractivity contribution is 0.196. The molecule has 0 bridgehead atoms. The first-order chi connectivity index (χ1) is 9.31. The maximum Gasteiger partial charge on any atom is 0.155 e. The number of H-pyrrole nitrogens is 1. The third-order valence-corrected chi connectivity index (χ3v) is 3.73. The van der Waals surface area contributed by atoms with E-state index in [0.29, 0.717) is 5.92 Å². The van der Waals surface area contributed by atoms with E-state index < -0.39 is 0 Å². The van der Waals surface area contributed by atoms with E-state index in [4.69, 9.17) is 0 Å². The number of nitrogens with one attached hydrogen (secondary N) is 1. The monoisotopic (exact) mass is 256 g/mol. The molecule has 1 saturated heterocycles. The maximum atomic E-state index is 4.48. The lowest BCUT2D eigenvalue weighted by Gasteiger charge is -2.31. The van der Waals surface area contributed by atoms with Gasteiger partial charge >= 0.3 is 0 Å². The zero-order chi connectivity index (χ0) is 13.1. The summed E-state index contributed by atoms with van der Waals surface area (Å²) in [7, 11) is 0. The number of benzene rings is 1. The number of piperidine rings is 1. The van der Waals surface area contributed by atoms with E-state index in [1.54, 1.807) is 0 Å². The number of aryl methyl sites for hydroxylation is 1. The molecule has 1 aromatic heterocycles. The Labute approximate surface area is 113 Å². The summed E-state index contributed by atoms with van der Waals surface area (Å²) in [6, 6.07) is 10.7. The molecule has 1 N–H and O–H groups in total. The first-order valence-corrected chi connectivity index (χ1v) is 6.96. The van der Waals surface area contributed by atoms with Crippen LogP contribution in [-0.4, -0.2) is 33.2 Å². The smallest absolute Gasteiger partial charge is 0.155 e. The van der Waals surface area contributed by atoms with Gasteiger partial charge in [-0.15, -0.1) is 0 Å². The molecule has 1 unspecified atom stereocenters. The molecule has 1 fully saturated rings. The fourth-order valence-electron chi connectivity index (χ4n) is 2.79. The summed E-state index contributed by atoms with van der Waals surface area (Å²) in [5.41, 5.74) is 1.38. The van der Waals surface area contributed by atoms with Crippen molar-refractivity contribution in [3.63, 3.8) is 0 Å². The molecule has 100 valence electrons. The largest absolute Gasteiger partial charge is 0.298 e. The van der Waals surface area contributed by atoms with Crippen LogP contribution in [0.5, 0.6) is 0 Å². The molecule has 4 heteroatoms. The molecule has 1 aliphatic rings. The molecule has 1 aliphatic heterocycles. The van der Waals surface area contributed by atoms with Crippen molar-refractivity contribution in [2.75, 3.05) is 13.1 Å². The predicted molar refractivity (Wildman–Crippen MR) is 74.8 cm³/mol. The molecule has 0 spiro atoms. The van der Waals surface area contributed by atoms with E-state index in [9.17, 15) is 0 Å². The standard InChI is InChI=1S/C15H20N4/c1-12-16-15(18-17-12)14-8-5-9-19(11-14)10-13-6-3-2-4-7-13/h2-4,6-7,14H,5,8-11H2,1H3,(H,16,17,18). The van der Waals surface area contributed by atoms with Gasteiger partial charge in [-0.3, -0.25) is 10.00 Å². The summed E-state index contributed by atoms with van der Waals surface area (Å²) in [5.74, 6) is 2.37. The molecular weight excluding hydrogens is 236 g/mol. The van der Waals surface area contributed by atoms with Crippen LogP contribution in [0.1, 0.15) is 36.0 Å². The number of rotatable bonds is 3. The van der Waals surface area contributed by atoms with Crippen molar-refractivity contribution in [1.82, 2.24) is 20.1 Å². The molecule has 1 atom stereocenters. The summed E-state index contributed by atoms with van der Waals surface area (Å²) in [4.78, 5) is 6.99. The van der Waals surface area contributed by atoms with E-state index in [2.05, 4.69) is 50.4 Å². The number of aromatic amines is 1. The Hall–Kier alpha value is -1.68. The zero-order valence-electron chi connectivity index (χ0n) is 11.3. The second kappa shape index (κ2) is 5.53. The van der Waals surface area contributed by atoms with Crippen molar-refractivity contribution < 1.29 is 0 Å². The molecule has 2 aromatic rings. The van der Waals surface area contributed by atoms with Gasteiger partial charge in [0.05, 0.1) is 0 Å². The van der Waals surface area contributed by atoms with Crippen molar-refractivity contribution in [2.24, 2.45) is 0 Å². The topological polar surface area (TPSA) is 44.8 Å². The van der Waals surface area contributed by atoms with Crippen LogP contribution in [0.4, 0.5) is 0 Å². The fraction of sp³-hybridized carbons (Fsp3) is 0.467. The molecule has 1 aromatic carbocycles.